The van der Waals surface area contributed by atoms with E-state index in [1.165, 1.54) is 24.3 Å². The summed E-state index contributed by atoms with van der Waals surface area (Å²) in [5.41, 5.74) is 0.123. The Morgan fingerprint density at radius 2 is 2.00 bits per heavy atom. The van der Waals surface area contributed by atoms with E-state index in [0.717, 1.165) is 0 Å². The maximum absolute atomic E-state index is 11.8. The van der Waals surface area contributed by atoms with Crippen LogP contribution < -0.4 is 4.72 Å². The minimum atomic E-state index is -3.93. The van der Waals surface area contributed by atoms with Crippen LogP contribution in [0.4, 0.5) is 5.69 Å². The van der Waals surface area contributed by atoms with Gasteiger partial charge in [-0.05, 0) is 5.56 Å². The van der Waals surface area contributed by atoms with Gasteiger partial charge in [-0.25, -0.2) is 8.42 Å². The Hall–Kier alpha value is -2.44. The first-order chi connectivity index (χ1) is 9.75. The van der Waals surface area contributed by atoms with E-state index < -0.39 is 32.7 Å². The van der Waals surface area contributed by atoms with Gasteiger partial charge in [0.1, 0.15) is 6.04 Å². The third-order valence-electron chi connectivity index (χ3n) is 2.45. The lowest BCUT2D eigenvalue weighted by Crippen LogP contribution is -2.41. The van der Waals surface area contributed by atoms with Gasteiger partial charge in [0.25, 0.3) is 5.69 Å². The second kappa shape index (κ2) is 6.83. The van der Waals surface area contributed by atoms with Crippen molar-refractivity contribution >= 4 is 21.7 Å². The van der Waals surface area contributed by atoms with Crippen molar-refractivity contribution in [2.45, 2.75) is 18.2 Å². The topological polar surface area (TPSA) is 127 Å². The molecule has 1 aromatic carbocycles. The molecule has 0 aliphatic carbocycles. The SMILES string of the molecule is C#CCC(NS(=O)(=O)Cc1ccc([N+](=O)[O-])cc1)C(=O)O. The zero-order valence-electron chi connectivity index (χ0n) is 10.7. The Labute approximate surface area is 121 Å². The van der Waals surface area contributed by atoms with Crippen LogP contribution in [0.1, 0.15) is 12.0 Å². The lowest BCUT2D eigenvalue weighted by molar-refractivity contribution is -0.384. The van der Waals surface area contributed by atoms with E-state index in [2.05, 4.69) is 5.92 Å². The first-order valence-electron chi connectivity index (χ1n) is 5.65. The summed E-state index contributed by atoms with van der Waals surface area (Å²) in [4.78, 5) is 20.7. The molecule has 0 radical (unpaired) electrons. The van der Waals surface area contributed by atoms with Crippen LogP contribution in [0.15, 0.2) is 24.3 Å². The first kappa shape index (κ1) is 16.6. The number of hydrogen-bond acceptors (Lipinski definition) is 5. The maximum Gasteiger partial charge on any atom is 0.322 e. The number of hydrogen-bond donors (Lipinski definition) is 2. The molecule has 112 valence electrons. The van der Waals surface area contributed by atoms with Gasteiger partial charge < -0.3 is 5.11 Å². The summed E-state index contributed by atoms with van der Waals surface area (Å²) in [6.07, 6.45) is 4.69. The zero-order chi connectivity index (χ0) is 16.0. The number of sulfonamides is 1. The first-order valence-corrected chi connectivity index (χ1v) is 7.30. The Morgan fingerprint density at radius 1 is 1.43 bits per heavy atom. The van der Waals surface area contributed by atoms with Gasteiger partial charge in [0.15, 0.2) is 0 Å². The van der Waals surface area contributed by atoms with Crippen molar-refractivity contribution in [1.29, 1.82) is 0 Å². The molecule has 0 amide bonds. The van der Waals surface area contributed by atoms with Gasteiger partial charge in [0.05, 0.1) is 10.7 Å². The van der Waals surface area contributed by atoms with Gasteiger partial charge in [0.2, 0.25) is 10.0 Å². The third-order valence-corrected chi connectivity index (χ3v) is 3.80. The van der Waals surface area contributed by atoms with E-state index in [0.29, 0.717) is 0 Å². The molecule has 0 saturated heterocycles. The molecule has 9 heteroatoms. The standard InChI is InChI=1S/C12H12N2O6S/c1-2-3-11(12(15)16)13-21(19,20)8-9-4-6-10(7-5-9)14(17)18/h1,4-7,11,13H,3,8H2,(H,15,16). The second-order valence-electron chi connectivity index (χ2n) is 4.10. The molecule has 0 aliphatic rings. The average molecular weight is 312 g/mol. The zero-order valence-corrected chi connectivity index (χ0v) is 11.5. The molecule has 21 heavy (non-hydrogen) atoms. The maximum atomic E-state index is 11.8. The molecule has 8 nitrogen and oxygen atoms in total. The Bertz CT molecular complexity index is 675. The van der Waals surface area contributed by atoms with E-state index in [-0.39, 0.29) is 17.7 Å². The number of benzene rings is 1. The fraction of sp³-hybridized carbons (Fsp3) is 0.250. The fourth-order valence-electron chi connectivity index (χ4n) is 1.49. The molecule has 1 aromatic rings. The monoisotopic (exact) mass is 312 g/mol. The molecule has 0 bridgehead atoms. The van der Waals surface area contributed by atoms with E-state index in [1.807, 2.05) is 4.72 Å². The van der Waals surface area contributed by atoms with Crippen LogP contribution >= 0.6 is 0 Å². The van der Waals surface area contributed by atoms with Crippen LogP contribution in [0, 0.1) is 22.5 Å². The summed E-state index contributed by atoms with van der Waals surface area (Å²) in [7, 11) is -3.93. The largest absolute Gasteiger partial charge is 0.480 e. The summed E-state index contributed by atoms with van der Waals surface area (Å²) < 4.78 is 25.6. The normalized spacial score (nSPS) is 12.3. The van der Waals surface area contributed by atoms with Crippen LogP contribution in [-0.2, 0) is 20.6 Å². The van der Waals surface area contributed by atoms with E-state index in [4.69, 9.17) is 11.5 Å². The molecular weight excluding hydrogens is 300 g/mol. The number of carboxylic acid groups (broad SMARTS) is 1. The van der Waals surface area contributed by atoms with Crippen LogP contribution in [0.2, 0.25) is 0 Å². The lowest BCUT2D eigenvalue weighted by Gasteiger charge is -2.12. The number of non-ortho nitro benzene ring substituents is 1. The summed E-state index contributed by atoms with van der Waals surface area (Å²) >= 11 is 0. The van der Waals surface area contributed by atoms with Gasteiger partial charge in [-0.2, -0.15) is 4.72 Å². The second-order valence-corrected chi connectivity index (χ2v) is 5.85. The fourth-order valence-corrected chi connectivity index (χ4v) is 2.82. The van der Waals surface area contributed by atoms with Crippen molar-refractivity contribution in [2.75, 3.05) is 0 Å². The van der Waals surface area contributed by atoms with Gasteiger partial charge in [-0.15, -0.1) is 12.3 Å². The highest BCUT2D eigenvalue weighted by atomic mass is 32.2. The highest BCUT2D eigenvalue weighted by Gasteiger charge is 2.23. The molecule has 0 saturated carbocycles. The summed E-state index contributed by atoms with van der Waals surface area (Å²) in [5.74, 6) is 0.197. The minimum absolute atomic E-state index is 0.167. The number of rotatable bonds is 7. The summed E-state index contributed by atoms with van der Waals surface area (Å²) in [5, 5.41) is 19.3. The van der Waals surface area contributed by atoms with Crippen LogP contribution in [0.5, 0.6) is 0 Å². The van der Waals surface area contributed by atoms with Crippen molar-refractivity contribution in [2.24, 2.45) is 0 Å². The van der Waals surface area contributed by atoms with Crippen LogP contribution in [-0.4, -0.2) is 30.5 Å². The Morgan fingerprint density at radius 3 is 2.43 bits per heavy atom. The highest BCUT2D eigenvalue weighted by molar-refractivity contribution is 7.88. The Balaban J connectivity index is 2.82. The molecule has 0 spiro atoms. The molecule has 1 atom stereocenters. The molecule has 2 N–H and O–H groups in total. The number of nitro benzene ring substituents is 1. The Kier molecular flexibility index (Phi) is 5.40. The quantitative estimate of drug-likeness (QED) is 0.428. The number of nitrogens with zero attached hydrogens (tertiary/aromatic N) is 1. The lowest BCUT2D eigenvalue weighted by atomic mass is 10.2. The van der Waals surface area contributed by atoms with Crippen molar-refractivity contribution in [1.82, 2.24) is 4.72 Å². The minimum Gasteiger partial charge on any atom is -0.480 e. The van der Waals surface area contributed by atoms with Gasteiger partial charge in [-0.3, -0.25) is 14.9 Å². The van der Waals surface area contributed by atoms with Gasteiger partial charge in [0, 0.05) is 18.6 Å². The number of nitrogens with one attached hydrogen (secondary N) is 1. The number of terminal acetylenes is 1. The summed E-state index contributed by atoms with van der Waals surface area (Å²) in [6, 6.07) is 3.50. The van der Waals surface area contributed by atoms with E-state index in [1.54, 1.807) is 0 Å². The van der Waals surface area contributed by atoms with E-state index >= 15 is 0 Å². The van der Waals surface area contributed by atoms with Crippen molar-refractivity contribution in [3.8, 4) is 12.3 Å². The summed E-state index contributed by atoms with van der Waals surface area (Å²) in [6.45, 7) is 0. The number of aliphatic carboxylic acids is 1. The number of nitro groups is 1. The predicted octanol–water partition coefficient (Wildman–Crippen LogP) is 0.491. The molecule has 0 fully saturated rings. The average Bonchev–Trinajstić information content (AvgIpc) is 2.38. The molecule has 1 rings (SSSR count). The van der Waals surface area contributed by atoms with Crippen LogP contribution in [0.3, 0.4) is 0 Å². The highest BCUT2D eigenvalue weighted by Crippen LogP contribution is 2.14. The van der Waals surface area contributed by atoms with Crippen LogP contribution in [0.25, 0.3) is 0 Å². The van der Waals surface area contributed by atoms with Gasteiger partial charge >= 0.3 is 5.97 Å². The molecular formula is C12H12N2O6S. The van der Waals surface area contributed by atoms with Gasteiger partial charge in [-0.1, -0.05) is 12.1 Å². The smallest absolute Gasteiger partial charge is 0.322 e. The molecule has 0 aliphatic heterocycles. The number of carboxylic acids is 1. The van der Waals surface area contributed by atoms with Crippen molar-refractivity contribution in [3.63, 3.8) is 0 Å². The molecule has 1 unspecified atom stereocenters. The molecule has 0 heterocycles. The third kappa shape index (κ3) is 5.21. The predicted molar refractivity (Wildman–Crippen MR) is 73.7 cm³/mol. The molecule has 0 aromatic heterocycles. The van der Waals surface area contributed by atoms with Crippen molar-refractivity contribution < 1.29 is 23.2 Å². The van der Waals surface area contributed by atoms with E-state index in [9.17, 15) is 23.3 Å². The van der Waals surface area contributed by atoms with Crippen molar-refractivity contribution in [3.05, 3.63) is 39.9 Å². The number of carbonyl (C=O) groups is 1.